The first-order valence-corrected chi connectivity index (χ1v) is 18.1. The minimum Gasteiger partial charge on any atom is -0.475 e. The number of carbonyl (C=O) groups excluding carboxylic acids is 1. The molecule has 3 atom stereocenters. The van der Waals surface area contributed by atoms with Crippen molar-refractivity contribution in [2.45, 2.75) is 50.2 Å². The molecule has 2 saturated heterocycles. The Bertz CT molecular complexity index is 2190. The molecule has 5 aromatic rings. The molecule has 264 valence electrons. The quantitative estimate of drug-likeness (QED) is 0.143. The number of likely N-dealkylation sites (tertiary alicyclic amines) is 2. The number of nitriles is 1. The van der Waals surface area contributed by atoms with E-state index in [0.717, 1.165) is 24.8 Å². The van der Waals surface area contributed by atoms with Gasteiger partial charge in [0.25, 0.3) is 0 Å². The number of amides is 1. The van der Waals surface area contributed by atoms with Crippen molar-refractivity contribution < 1.29 is 13.9 Å². The van der Waals surface area contributed by atoms with Gasteiger partial charge in [-0.15, -0.1) is 0 Å². The number of fused-ring (bicyclic) bond motifs is 4. The van der Waals surface area contributed by atoms with Gasteiger partial charge in [0.05, 0.1) is 40.7 Å². The van der Waals surface area contributed by atoms with Crippen LogP contribution in [0.15, 0.2) is 60.8 Å². The Morgan fingerprint density at radius 1 is 1.12 bits per heavy atom. The maximum atomic E-state index is 17.1. The molecule has 2 aliphatic heterocycles. The highest BCUT2D eigenvalue weighted by atomic mass is 35.5. The number of piperidine rings is 1. The highest BCUT2D eigenvalue weighted by Crippen LogP contribution is 2.44. The van der Waals surface area contributed by atoms with E-state index in [1.54, 1.807) is 29.3 Å². The van der Waals surface area contributed by atoms with E-state index in [0.29, 0.717) is 70.7 Å². The molecule has 0 radical (unpaired) electrons. The Balaban J connectivity index is 1.35. The molecule has 3 aromatic carbocycles. The van der Waals surface area contributed by atoms with Crippen molar-refractivity contribution in [3.05, 3.63) is 76.7 Å². The van der Waals surface area contributed by atoms with E-state index in [2.05, 4.69) is 18.0 Å². The Morgan fingerprint density at radius 2 is 1.92 bits per heavy atom. The third-order valence-electron chi connectivity index (χ3n) is 10.3. The maximum Gasteiger partial charge on any atom is 0.246 e. The highest BCUT2D eigenvalue weighted by Gasteiger charge is 2.34. The van der Waals surface area contributed by atoms with Crippen LogP contribution in [-0.2, 0) is 4.79 Å². The van der Waals surface area contributed by atoms with Gasteiger partial charge < -0.3 is 19.4 Å². The molecule has 7 rings (SSSR count). The molecule has 0 aliphatic carbocycles. The molecular formula is C39H40Cl2FN7O2. The SMILES string of the molecule is CN(C)C/C=C/C(=O)N1CCC(n2ncc3c(OCC4CCCN4C)nc4c(F)c(-c5cccc6cccc(Cl)c56)c(Cl)cc4c32)C[C@H]1CC#N. The van der Waals surface area contributed by atoms with E-state index >= 15 is 4.39 Å². The van der Waals surface area contributed by atoms with Crippen LogP contribution >= 0.6 is 23.2 Å². The molecule has 12 heteroatoms. The zero-order valence-corrected chi connectivity index (χ0v) is 30.5. The minimum absolute atomic E-state index is 0.113. The molecule has 0 saturated carbocycles. The monoisotopic (exact) mass is 727 g/mol. The minimum atomic E-state index is -0.574. The molecule has 2 unspecified atom stereocenters. The zero-order chi connectivity index (χ0) is 35.8. The molecule has 51 heavy (non-hydrogen) atoms. The second-order valence-electron chi connectivity index (χ2n) is 13.8. The number of carbonyl (C=O) groups is 1. The molecule has 0 spiro atoms. The summed E-state index contributed by atoms with van der Waals surface area (Å²) in [4.78, 5) is 24.1. The van der Waals surface area contributed by atoms with E-state index in [9.17, 15) is 10.1 Å². The number of likely N-dealkylation sites (N-methyl/N-ethyl adjacent to an activating group) is 2. The van der Waals surface area contributed by atoms with Gasteiger partial charge in [0.15, 0.2) is 5.82 Å². The molecule has 0 N–H and O–H groups in total. The van der Waals surface area contributed by atoms with Crippen molar-refractivity contribution in [3.8, 4) is 23.1 Å². The summed E-state index contributed by atoms with van der Waals surface area (Å²) < 4.78 is 25.5. The molecular weight excluding hydrogens is 688 g/mol. The van der Waals surface area contributed by atoms with Crippen LogP contribution in [0.25, 0.3) is 43.7 Å². The average molecular weight is 729 g/mol. The number of hydrogen-bond donors (Lipinski definition) is 0. The topological polar surface area (TPSA) is 90.5 Å². The molecule has 2 aromatic heterocycles. The van der Waals surface area contributed by atoms with Crippen molar-refractivity contribution in [2.24, 2.45) is 0 Å². The summed E-state index contributed by atoms with van der Waals surface area (Å²) in [7, 11) is 5.96. The number of benzene rings is 3. The number of hydrogen-bond acceptors (Lipinski definition) is 7. The van der Waals surface area contributed by atoms with Crippen LogP contribution in [-0.4, -0.2) is 94.8 Å². The first-order valence-electron chi connectivity index (χ1n) is 17.3. The van der Waals surface area contributed by atoms with Gasteiger partial charge in [-0.2, -0.15) is 10.4 Å². The van der Waals surface area contributed by atoms with Gasteiger partial charge in [0.1, 0.15) is 12.1 Å². The third-order valence-corrected chi connectivity index (χ3v) is 10.9. The number of nitrogens with zero attached hydrogens (tertiary/aromatic N) is 7. The number of aromatic nitrogens is 3. The maximum absolute atomic E-state index is 17.1. The number of ether oxygens (including phenoxy) is 1. The van der Waals surface area contributed by atoms with Crippen LogP contribution in [0.3, 0.4) is 0 Å². The fourth-order valence-corrected chi connectivity index (χ4v) is 8.23. The van der Waals surface area contributed by atoms with Gasteiger partial charge >= 0.3 is 0 Å². The summed E-state index contributed by atoms with van der Waals surface area (Å²) in [5, 5.41) is 18.0. The van der Waals surface area contributed by atoms with Crippen molar-refractivity contribution in [3.63, 3.8) is 0 Å². The largest absolute Gasteiger partial charge is 0.475 e. The van der Waals surface area contributed by atoms with Crippen molar-refractivity contribution in [1.29, 1.82) is 5.26 Å². The van der Waals surface area contributed by atoms with Crippen LogP contribution < -0.4 is 4.74 Å². The smallest absolute Gasteiger partial charge is 0.246 e. The fraction of sp³-hybridized carbons (Fsp3) is 0.385. The van der Waals surface area contributed by atoms with E-state index in [4.69, 9.17) is 38.0 Å². The predicted molar refractivity (Wildman–Crippen MR) is 201 cm³/mol. The van der Waals surface area contributed by atoms with E-state index in [-0.39, 0.29) is 46.6 Å². The van der Waals surface area contributed by atoms with E-state index < -0.39 is 5.82 Å². The molecule has 4 heterocycles. The first-order chi connectivity index (χ1) is 24.7. The van der Waals surface area contributed by atoms with Gasteiger partial charge in [-0.1, -0.05) is 59.6 Å². The summed E-state index contributed by atoms with van der Waals surface area (Å²) in [6.45, 7) is 2.49. The molecule has 1 amide bonds. The second kappa shape index (κ2) is 14.8. The number of halogens is 3. The van der Waals surface area contributed by atoms with Gasteiger partial charge in [0, 0.05) is 52.6 Å². The lowest BCUT2D eigenvalue weighted by molar-refractivity contribution is -0.130. The van der Waals surface area contributed by atoms with E-state index in [1.165, 1.54) is 0 Å². The van der Waals surface area contributed by atoms with Crippen LogP contribution in [0.4, 0.5) is 4.39 Å². The van der Waals surface area contributed by atoms with Gasteiger partial charge in [-0.05, 0) is 76.5 Å². The third kappa shape index (κ3) is 6.76. The molecule has 0 bridgehead atoms. The lowest BCUT2D eigenvalue weighted by Gasteiger charge is -2.38. The Morgan fingerprint density at radius 3 is 2.67 bits per heavy atom. The lowest BCUT2D eigenvalue weighted by atomic mass is 9.94. The standard InChI is InChI=1S/C39H40Cl2FN7O2/c1-46(2)17-7-13-33(50)48-19-15-26(20-25(48)14-16-43)49-38-29-21-32(41)35(28-11-4-8-24-9-5-12-31(40)34(24)28)36(42)37(29)45-39(30(38)22-44-49)51-23-27-10-6-18-47(27)3/h4-5,7-9,11-13,21-22,25-27H,6,10,14-15,17-20,23H2,1-3H3/b13-7+/t25-,26?,27?/m1/s1. The Labute approximate surface area is 306 Å². The second-order valence-corrected chi connectivity index (χ2v) is 14.6. The molecule has 2 aliphatic rings. The summed E-state index contributed by atoms with van der Waals surface area (Å²) in [5.41, 5.74) is 1.56. The van der Waals surface area contributed by atoms with Gasteiger partial charge in [0.2, 0.25) is 11.8 Å². The molecule has 9 nitrogen and oxygen atoms in total. The normalized spacial score (nSPS) is 20.0. The van der Waals surface area contributed by atoms with Gasteiger partial charge in [-0.25, -0.2) is 9.37 Å². The van der Waals surface area contributed by atoms with Crippen molar-refractivity contribution >= 4 is 61.7 Å². The first kappa shape index (κ1) is 35.1. The van der Waals surface area contributed by atoms with Crippen molar-refractivity contribution in [2.75, 3.05) is 47.4 Å². The summed E-state index contributed by atoms with van der Waals surface area (Å²) in [6, 6.07) is 15.0. The molecule has 2 fully saturated rings. The summed E-state index contributed by atoms with van der Waals surface area (Å²) in [6.07, 6.45) is 8.53. The lowest BCUT2D eigenvalue weighted by Crippen LogP contribution is -2.46. The highest BCUT2D eigenvalue weighted by molar-refractivity contribution is 6.38. The van der Waals surface area contributed by atoms with Crippen LogP contribution in [0, 0.1) is 17.1 Å². The zero-order valence-electron chi connectivity index (χ0n) is 29.0. The summed E-state index contributed by atoms with van der Waals surface area (Å²) in [5.74, 6) is -0.382. The fourth-order valence-electron chi connectivity index (χ4n) is 7.65. The van der Waals surface area contributed by atoms with Crippen LogP contribution in [0.2, 0.25) is 10.0 Å². The summed E-state index contributed by atoms with van der Waals surface area (Å²) >= 11 is 13.7. The average Bonchev–Trinajstić information content (AvgIpc) is 3.74. The van der Waals surface area contributed by atoms with Crippen LogP contribution in [0.5, 0.6) is 5.88 Å². The van der Waals surface area contributed by atoms with Crippen molar-refractivity contribution in [1.82, 2.24) is 29.5 Å². The number of pyridine rings is 1. The predicted octanol–water partition coefficient (Wildman–Crippen LogP) is 7.89. The van der Waals surface area contributed by atoms with E-state index in [1.807, 2.05) is 60.1 Å². The Kier molecular flexibility index (Phi) is 10.2. The van der Waals surface area contributed by atoms with Gasteiger partial charge in [-0.3, -0.25) is 9.48 Å². The number of rotatable bonds is 9. The Hall–Kier alpha value is -4.27. The van der Waals surface area contributed by atoms with Crippen LogP contribution in [0.1, 0.15) is 38.1 Å².